The Labute approximate surface area is 163 Å². The number of methoxy groups -OCH3 is 1. The van der Waals surface area contributed by atoms with Gasteiger partial charge in [-0.25, -0.2) is 0 Å². The van der Waals surface area contributed by atoms with Crippen molar-refractivity contribution in [2.24, 2.45) is 16.6 Å². The summed E-state index contributed by atoms with van der Waals surface area (Å²) >= 11 is 0. The number of aliphatic imine (C=N–C) groups is 1. The zero-order valence-electron chi connectivity index (χ0n) is 15.0. The van der Waals surface area contributed by atoms with E-state index in [2.05, 4.69) is 41.2 Å². The van der Waals surface area contributed by atoms with Crippen LogP contribution < -0.4 is 11.1 Å². The summed E-state index contributed by atoms with van der Waals surface area (Å²) in [4.78, 5) is 6.98. The number of piperidine rings is 1. The van der Waals surface area contributed by atoms with Crippen LogP contribution in [0.15, 0.2) is 23.2 Å². The fraction of sp³-hybridized carbons (Fsp3) is 0.611. The molecule has 1 aliphatic rings. The van der Waals surface area contributed by atoms with Gasteiger partial charge in [0.15, 0.2) is 5.96 Å². The topological polar surface area (TPSA) is 62.9 Å². The van der Waals surface area contributed by atoms with Gasteiger partial charge in [-0.2, -0.15) is 0 Å². The second-order valence-corrected chi connectivity index (χ2v) is 6.43. The molecule has 136 valence electrons. The highest BCUT2D eigenvalue weighted by Crippen LogP contribution is 2.17. The molecule has 0 bridgehead atoms. The van der Waals surface area contributed by atoms with Crippen molar-refractivity contribution in [2.45, 2.75) is 26.7 Å². The minimum absolute atomic E-state index is 0. The van der Waals surface area contributed by atoms with Crippen molar-refractivity contribution < 1.29 is 4.74 Å². The zero-order chi connectivity index (χ0) is 16.7. The minimum Gasteiger partial charge on any atom is -0.383 e. The highest BCUT2D eigenvalue weighted by Gasteiger charge is 2.18. The third-order valence-corrected chi connectivity index (χ3v) is 4.62. The Kier molecular flexibility index (Phi) is 9.61. The van der Waals surface area contributed by atoms with E-state index >= 15 is 0 Å². The first kappa shape index (κ1) is 21.2. The SMILES string of the molecule is COCCN1CCC(CN=C(N)Nc2ccc(C)c(C)c2)CC1.I. The van der Waals surface area contributed by atoms with E-state index in [9.17, 15) is 0 Å². The Hall–Kier alpha value is -0.860. The van der Waals surface area contributed by atoms with Crippen LogP contribution in [0.1, 0.15) is 24.0 Å². The van der Waals surface area contributed by atoms with Crippen LogP contribution in [-0.2, 0) is 4.74 Å². The van der Waals surface area contributed by atoms with E-state index in [1.165, 1.54) is 24.0 Å². The predicted octanol–water partition coefficient (Wildman–Crippen LogP) is 3.01. The lowest BCUT2D eigenvalue weighted by Crippen LogP contribution is -2.37. The monoisotopic (exact) mass is 446 g/mol. The van der Waals surface area contributed by atoms with Crippen molar-refractivity contribution in [1.82, 2.24) is 4.90 Å². The first-order chi connectivity index (χ1) is 11.1. The maximum atomic E-state index is 6.02. The molecule has 0 aromatic heterocycles. The summed E-state index contributed by atoms with van der Waals surface area (Å²) in [5.41, 5.74) is 9.56. The molecule has 6 heteroatoms. The van der Waals surface area contributed by atoms with Gasteiger partial charge in [-0.1, -0.05) is 6.07 Å². The summed E-state index contributed by atoms with van der Waals surface area (Å²) in [5, 5.41) is 3.19. The number of nitrogens with one attached hydrogen (secondary N) is 1. The van der Waals surface area contributed by atoms with Crippen molar-refractivity contribution >= 4 is 35.6 Å². The highest BCUT2D eigenvalue weighted by molar-refractivity contribution is 14.0. The lowest BCUT2D eigenvalue weighted by molar-refractivity contribution is 0.121. The molecule has 0 amide bonds. The Bertz CT molecular complexity index is 528. The molecule has 1 saturated heterocycles. The average Bonchev–Trinajstić information content (AvgIpc) is 2.55. The van der Waals surface area contributed by atoms with Crippen LogP contribution in [0.2, 0.25) is 0 Å². The number of anilines is 1. The largest absolute Gasteiger partial charge is 0.383 e. The summed E-state index contributed by atoms with van der Waals surface area (Å²) in [5.74, 6) is 1.14. The van der Waals surface area contributed by atoms with Crippen LogP contribution in [0.4, 0.5) is 5.69 Å². The lowest BCUT2D eigenvalue weighted by Gasteiger charge is -2.30. The number of guanidine groups is 1. The zero-order valence-corrected chi connectivity index (χ0v) is 17.4. The van der Waals surface area contributed by atoms with Gasteiger partial charge in [0.2, 0.25) is 0 Å². The second kappa shape index (κ2) is 10.9. The van der Waals surface area contributed by atoms with Gasteiger partial charge in [0.25, 0.3) is 0 Å². The Morgan fingerprint density at radius 2 is 2.00 bits per heavy atom. The Morgan fingerprint density at radius 1 is 1.29 bits per heavy atom. The standard InChI is InChI=1S/C18H30N4O.HI/c1-14-4-5-17(12-15(14)2)21-18(19)20-13-16-6-8-22(9-7-16)10-11-23-3;/h4-5,12,16H,6-11,13H2,1-3H3,(H3,19,20,21);1H. The summed E-state index contributed by atoms with van der Waals surface area (Å²) in [7, 11) is 1.76. The van der Waals surface area contributed by atoms with Crippen molar-refractivity contribution in [3.8, 4) is 0 Å². The van der Waals surface area contributed by atoms with E-state index in [0.717, 1.165) is 38.5 Å². The molecule has 0 unspecified atom stereocenters. The fourth-order valence-electron chi connectivity index (χ4n) is 2.85. The number of rotatable bonds is 6. The number of halogens is 1. The van der Waals surface area contributed by atoms with Gasteiger partial charge in [0, 0.05) is 25.9 Å². The Morgan fingerprint density at radius 3 is 2.62 bits per heavy atom. The molecule has 5 nitrogen and oxygen atoms in total. The number of hydrogen-bond acceptors (Lipinski definition) is 3. The van der Waals surface area contributed by atoms with Gasteiger partial charge >= 0.3 is 0 Å². The number of aryl methyl sites for hydroxylation is 2. The molecule has 2 rings (SSSR count). The molecular formula is C18H31IN4O. The molecule has 1 heterocycles. The molecule has 1 aromatic rings. The number of likely N-dealkylation sites (tertiary alicyclic amines) is 1. The molecule has 0 radical (unpaired) electrons. The van der Waals surface area contributed by atoms with Gasteiger partial charge < -0.3 is 20.7 Å². The molecule has 0 atom stereocenters. The molecule has 1 aromatic carbocycles. The molecule has 1 fully saturated rings. The molecule has 0 saturated carbocycles. The smallest absolute Gasteiger partial charge is 0.193 e. The third-order valence-electron chi connectivity index (χ3n) is 4.62. The molecule has 0 spiro atoms. The van der Waals surface area contributed by atoms with Crippen molar-refractivity contribution in [3.63, 3.8) is 0 Å². The minimum atomic E-state index is 0. The van der Waals surface area contributed by atoms with E-state index < -0.39 is 0 Å². The van der Waals surface area contributed by atoms with Crippen LogP contribution in [-0.4, -0.2) is 50.8 Å². The van der Waals surface area contributed by atoms with Crippen LogP contribution in [0, 0.1) is 19.8 Å². The predicted molar refractivity (Wildman–Crippen MR) is 112 cm³/mol. The van der Waals surface area contributed by atoms with Gasteiger partial charge in [-0.3, -0.25) is 4.99 Å². The fourth-order valence-corrected chi connectivity index (χ4v) is 2.85. The third kappa shape index (κ3) is 6.94. The molecule has 24 heavy (non-hydrogen) atoms. The van der Waals surface area contributed by atoms with E-state index in [-0.39, 0.29) is 24.0 Å². The van der Waals surface area contributed by atoms with Crippen LogP contribution in [0.3, 0.4) is 0 Å². The van der Waals surface area contributed by atoms with Crippen molar-refractivity contribution in [1.29, 1.82) is 0 Å². The number of nitrogens with two attached hydrogens (primary N) is 1. The number of hydrogen-bond donors (Lipinski definition) is 2. The first-order valence-corrected chi connectivity index (χ1v) is 8.44. The molecular weight excluding hydrogens is 415 g/mol. The molecule has 3 N–H and O–H groups in total. The van der Waals surface area contributed by atoms with Gasteiger partial charge in [0.1, 0.15) is 0 Å². The van der Waals surface area contributed by atoms with Gasteiger partial charge in [-0.15, -0.1) is 24.0 Å². The lowest BCUT2D eigenvalue weighted by atomic mass is 9.97. The maximum absolute atomic E-state index is 6.02. The summed E-state index contributed by atoms with van der Waals surface area (Å²) in [6.07, 6.45) is 2.37. The molecule has 1 aliphatic heterocycles. The second-order valence-electron chi connectivity index (χ2n) is 6.43. The number of benzene rings is 1. The summed E-state index contributed by atoms with van der Waals surface area (Å²) < 4.78 is 5.13. The van der Waals surface area contributed by atoms with Crippen molar-refractivity contribution in [3.05, 3.63) is 29.3 Å². The van der Waals surface area contributed by atoms with E-state index in [4.69, 9.17) is 10.5 Å². The van der Waals surface area contributed by atoms with Crippen LogP contribution >= 0.6 is 24.0 Å². The first-order valence-electron chi connectivity index (χ1n) is 8.44. The van der Waals surface area contributed by atoms with E-state index in [1.54, 1.807) is 7.11 Å². The van der Waals surface area contributed by atoms with Crippen LogP contribution in [0.25, 0.3) is 0 Å². The number of nitrogens with zero attached hydrogens (tertiary/aromatic N) is 2. The quantitative estimate of drug-likeness (QED) is 0.401. The average molecular weight is 446 g/mol. The number of ether oxygens (including phenoxy) is 1. The highest BCUT2D eigenvalue weighted by atomic mass is 127. The van der Waals surface area contributed by atoms with Gasteiger partial charge in [-0.05, 0) is 69.0 Å². The summed E-state index contributed by atoms with van der Waals surface area (Å²) in [6.45, 7) is 9.13. The van der Waals surface area contributed by atoms with E-state index in [1.807, 2.05) is 6.07 Å². The van der Waals surface area contributed by atoms with Crippen molar-refractivity contribution in [2.75, 3.05) is 45.2 Å². The molecule has 0 aliphatic carbocycles. The normalized spacial score (nSPS) is 16.7. The maximum Gasteiger partial charge on any atom is 0.193 e. The van der Waals surface area contributed by atoms with Gasteiger partial charge in [0.05, 0.1) is 6.61 Å². The van der Waals surface area contributed by atoms with Crippen LogP contribution in [0.5, 0.6) is 0 Å². The summed E-state index contributed by atoms with van der Waals surface area (Å²) in [6, 6.07) is 6.24. The Balaban J connectivity index is 0.00000288. The van der Waals surface area contributed by atoms with E-state index in [0.29, 0.717) is 11.9 Å².